The van der Waals surface area contributed by atoms with Crippen LogP contribution in [-0.2, 0) is 5.41 Å². The van der Waals surface area contributed by atoms with Gasteiger partial charge in [0.15, 0.2) is 0 Å². The molecule has 3 nitrogen and oxygen atoms in total. The van der Waals surface area contributed by atoms with Crippen molar-refractivity contribution in [2.24, 2.45) is 5.92 Å². The highest BCUT2D eigenvalue weighted by molar-refractivity contribution is 5.44. The van der Waals surface area contributed by atoms with Crippen molar-refractivity contribution in [3.8, 4) is 11.5 Å². The van der Waals surface area contributed by atoms with Crippen molar-refractivity contribution in [2.75, 3.05) is 13.2 Å². The lowest BCUT2D eigenvalue weighted by molar-refractivity contribution is 0.122. The molecule has 3 rings (SSSR count). The molecule has 1 aliphatic carbocycles. The van der Waals surface area contributed by atoms with Crippen LogP contribution in [0.15, 0.2) is 48.5 Å². The van der Waals surface area contributed by atoms with E-state index in [0.717, 1.165) is 18.1 Å². The Labute approximate surface area is 163 Å². The molecule has 0 spiro atoms. The van der Waals surface area contributed by atoms with E-state index in [4.69, 9.17) is 9.47 Å². The van der Waals surface area contributed by atoms with E-state index in [0.29, 0.717) is 12.5 Å². The molecule has 0 aromatic heterocycles. The largest absolute Gasteiger partial charge is 0.493 e. The van der Waals surface area contributed by atoms with Crippen molar-refractivity contribution in [3.63, 3.8) is 0 Å². The summed E-state index contributed by atoms with van der Waals surface area (Å²) in [6.45, 7) is 7.13. The highest BCUT2D eigenvalue weighted by Gasteiger charge is 2.37. The van der Waals surface area contributed by atoms with Crippen LogP contribution >= 0.6 is 0 Å². The van der Waals surface area contributed by atoms with Crippen LogP contribution < -0.4 is 9.47 Å². The predicted octanol–water partition coefficient (Wildman–Crippen LogP) is 5.34. The number of aliphatic hydroxyl groups excluding tert-OH is 1. The fourth-order valence-corrected chi connectivity index (χ4v) is 3.94. The van der Waals surface area contributed by atoms with Crippen molar-refractivity contribution in [2.45, 2.75) is 58.0 Å². The Bertz CT molecular complexity index is 638. The minimum atomic E-state index is -0.456. The third kappa shape index (κ3) is 4.84. The first-order valence-corrected chi connectivity index (χ1v) is 10.1. The molecule has 2 aromatic rings. The number of hydrogen-bond donors (Lipinski definition) is 1. The van der Waals surface area contributed by atoms with Crippen LogP contribution in [0.4, 0.5) is 0 Å². The van der Waals surface area contributed by atoms with Gasteiger partial charge in [-0.3, -0.25) is 0 Å². The maximum atomic E-state index is 9.39. The zero-order chi connectivity index (χ0) is 19.3. The topological polar surface area (TPSA) is 38.7 Å². The van der Waals surface area contributed by atoms with Crippen molar-refractivity contribution in [1.29, 1.82) is 0 Å². The van der Waals surface area contributed by atoms with Crippen molar-refractivity contribution >= 4 is 0 Å². The minimum absolute atomic E-state index is 0.0827. The summed E-state index contributed by atoms with van der Waals surface area (Å²) < 4.78 is 11.5. The van der Waals surface area contributed by atoms with Crippen LogP contribution in [-0.4, -0.2) is 24.4 Å². The summed E-state index contributed by atoms with van der Waals surface area (Å²) in [7, 11) is 0. The Balaban J connectivity index is 1.79. The molecule has 1 unspecified atom stereocenters. The summed E-state index contributed by atoms with van der Waals surface area (Å²) in [5.41, 5.74) is 2.80. The Morgan fingerprint density at radius 2 is 1.22 bits per heavy atom. The molecule has 2 aromatic carbocycles. The molecule has 1 fully saturated rings. The number of benzene rings is 2. The van der Waals surface area contributed by atoms with E-state index in [1.54, 1.807) is 6.92 Å². The quantitative estimate of drug-likeness (QED) is 0.683. The Hall–Kier alpha value is -2.00. The van der Waals surface area contributed by atoms with Crippen molar-refractivity contribution in [3.05, 3.63) is 59.7 Å². The van der Waals surface area contributed by atoms with Crippen molar-refractivity contribution < 1.29 is 14.6 Å². The summed E-state index contributed by atoms with van der Waals surface area (Å²) >= 11 is 0. The smallest absolute Gasteiger partial charge is 0.119 e. The molecule has 1 atom stereocenters. The monoisotopic (exact) mass is 368 g/mol. The summed E-state index contributed by atoms with van der Waals surface area (Å²) in [5, 5.41) is 9.39. The molecule has 1 saturated carbocycles. The van der Waals surface area contributed by atoms with Crippen LogP contribution in [0.2, 0.25) is 0 Å². The molecule has 0 heterocycles. The second-order valence-corrected chi connectivity index (χ2v) is 8.20. The lowest BCUT2D eigenvalue weighted by Gasteiger charge is -2.31. The van der Waals surface area contributed by atoms with Gasteiger partial charge in [0.1, 0.15) is 18.1 Å². The molecule has 0 saturated heterocycles. The Kier molecular flexibility index (Phi) is 6.43. The average Bonchev–Trinajstić information content (AvgIpc) is 3.16. The van der Waals surface area contributed by atoms with Crippen LogP contribution in [0, 0.1) is 5.92 Å². The van der Waals surface area contributed by atoms with Gasteiger partial charge in [-0.2, -0.15) is 0 Å². The van der Waals surface area contributed by atoms with E-state index in [9.17, 15) is 5.11 Å². The van der Waals surface area contributed by atoms with Gasteiger partial charge < -0.3 is 14.6 Å². The maximum Gasteiger partial charge on any atom is 0.119 e. The fourth-order valence-electron chi connectivity index (χ4n) is 3.94. The minimum Gasteiger partial charge on any atom is -0.493 e. The first kappa shape index (κ1) is 19.8. The number of aliphatic hydroxyl groups is 1. The van der Waals surface area contributed by atoms with Gasteiger partial charge in [-0.05, 0) is 61.1 Å². The van der Waals surface area contributed by atoms with E-state index in [1.807, 2.05) is 12.1 Å². The predicted molar refractivity (Wildman–Crippen MR) is 110 cm³/mol. The van der Waals surface area contributed by atoms with Gasteiger partial charge in [0, 0.05) is 5.41 Å². The number of rotatable bonds is 8. The van der Waals surface area contributed by atoms with E-state index in [-0.39, 0.29) is 5.41 Å². The number of hydrogen-bond acceptors (Lipinski definition) is 3. The first-order valence-electron chi connectivity index (χ1n) is 10.1. The average molecular weight is 369 g/mol. The number of ether oxygens (including phenoxy) is 2. The SMILES string of the molecule is CC(C)COc1ccc(C2(c3ccc(OCC(C)O)cc3)CCCC2)cc1. The van der Waals surface area contributed by atoms with Crippen LogP contribution in [0.25, 0.3) is 0 Å². The Morgan fingerprint density at radius 1 is 0.778 bits per heavy atom. The summed E-state index contributed by atoms with van der Waals surface area (Å²) in [5.74, 6) is 2.29. The molecule has 1 aliphatic rings. The zero-order valence-corrected chi connectivity index (χ0v) is 16.8. The van der Waals surface area contributed by atoms with Crippen molar-refractivity contribution in [1.82, 2.24) is 0 Å². The van der Waals surface area contributed by atoms with Gasteiger partial charge in [0.25, 0.3) is 0 Å². The molecular formula is C24H32O3. The molecule has 3 heteroatoms. The van der Waals surface area contributed by atoms with Crippen LogP contribution in [0.5, 0.6) is 11.5 Å². The highest BCUT2D eigenvalue weighted by atomic mass is 16.5. The van der Waals surface area contributed by atoms with Gasteiger partial charge >= 0.3 is 0 Å². The molecule has 146 valence electrons. The highest BCUT2D eigenvalue weighted by Crippen LogP contribution is 2.47. The summed E-state index contributed by atoms with van der Waals surface area (Å²) in [4.78, 5) is 0. The van der Waals surface area contributed by atoms with E-state index >= 15 is 0 Å². The van der Waals surface area contributed by atoms with Crippen LogP contribution in [0.3, 0.4) is 0 Å². The van der Waals surface area contributed by atoms with E-state index in [2.05, 4.69) is 50.2 Å². The van der Waals surface area contributed by atoms with Gasteiger partial charge in [0.05, 0.1) is 12.7 Å². The fraction of sp³-hybridized carbons (Fsp3) is 0.500. The van der Waals surface area contributed by atoms with Crippen LogP contribution in [0.1, 0.15) is 57.6 Å². The van der Waals surface area contributed by atoms with E-state index < -0.39 is 6.10 Å². The Morgan fingerprint density at radius 3 is 1.63 bits per heavy atom. The third-order valence-corrected chi connectivity index (χ3v) is 5.35. The first-order chi connectivity index (χ1) is 13.0. The third-order valence-electron chi connectivity index (χ3n) is 5.35. The normalized spacial score (nSPS) is 17.1. The van der Waals surface area contributed by atoms with E-state index in [1.165, 1.54) is 36.8 Å². The molecule has 0 aliphatic heterocycles. The van der Waals surface area contributed by atoms with Gasteiger partial charge in [-0.25, -0.2) is 0 Å². The van der Waals surface area contributed by atoms with Gasteiger partial charge in [0.2, 0.25) is 0 Å². The van der Waals surface area contributed by atoms with Gasteiger partial charge in [-0.1, -0.05) is 51.0 Å². The lowest BCUT2D eigenvalue weighted by atomic mass is 9.73. The van der Waals surface area contributed by atoms with Gasteiger partial charge in [-0.15, -0.1) is 0 Å². The zero-order valence-electron chi connectivity index (χ0n) is 16.8. The molecule has 0 bridgehead atoms. The molecule has 27 heavy (non-hydrogen) atoms. The second-order valence-electron chi connectivity index (χ2n) is 8.20. The second kappa shape index (κ2) is 8.79. The molecule has 0 amide bonds. The molecule has 0 radical (unpaired) electrons. The molecule has 1 N–H and O–H groups in total. The molecular weight excluding hydrogens is 336 g/mol. The maximum absolute atomic E-state index is 9.39. The lowest BCUT2D eigenvalue weighted by Crippen LogP contribution is -2.23. The summed E-state index contributed by atoms with van der Waals surface area (Å²) in [6, 6.07) is 17.1. The standard InChI is InChI=1S/C24H32O3/c1-18(2)16-26-22-10-6-20(7-11-22)24(14-4-5-15-24)21-8-12-23(13-9-21)27-17-19(3)25/h6-13,18-19,25H,4-5,14-17H2,1-3H3. The summed E-state index contributed by atoms with van der Waals surface area (Å²) in [6.07, 6.45) is 4.40.